The van der Waals surface area contributed by atoms with E-state index < -0.39 is 10.0 Å². The van der Waals surface area contributed by atoms with Crippen molar-refractivity contribution in [1.29, 1.82) is 0 Å². The Bertz CT molecular complexity index is 939. The maximum absolute atomic E-state index is 12.0. The lowest BCUT2D eigenvalue weighted by Crippen LogP contribution is -2.53. The van der Waals surface area contributed by atoms with Crippen LogP contribution in [-0.4, -0.2) is 53.1 Å². The van der Waals surface area contributed by atoms with Gasteiger partial charge in [0, 0.05) is 49.1 Å². The van der Waals surface area contributed by atoms with Crippen LogP contribution in [0, 0.1) is 6.92 Å². The molecule has 1 saturated heterocycles. The number of rotatable bonds is 4. The first-order valence-corrected chi connectivity index (χ1v) is 12.7. The van der Waals surface area contributed by atoms with Crippen molar-refractivity contribution in [2.75, 3.05) is 25.9 Å². The molecule has 154 valence electrons. The van der Waals surface area contributed by atoms with Gasteiger partial charge in [0.05, 0.1) is 17.6 Å². The Kier molecular flexibility index (Phi) is 5.18. The smallest absolute Gasteiger partial charge is 0.211 e. The molecule has 0 atom stereocenters. The predicted molar refractivity (Wildman–Crippen MR) is 113 cm³/mol. The normalized spacial score (nSPS) is 20.8. The first-order chi connectivity index (χ1) is 13.2. The molecule has 2 aromatic heterocycles. The molecule has 0 unspecified atom stereocenters. The Morgan fingerprint density at radius 2 is 2.00 bits per heavy atom. The molecule has 2 aliphatic rings. The number of hydrogen-bond acceptors (Lipinski definition) is 5. The van der Waals surface area contributed by atoms with E-state index in [1.54, 1.807) is 15.6 Å². The van der Waals surface area contributed by atoms with Crippen LogP contribution in [0.2, 0.25) is 0 Å². The third-order valence-electron chi connectivity index (χ3n) is 6.21. The van der Waals surface area contributed by atoms with Gasteiger partial charge in [0.2, 0.25) is 10.0 Å². The summed E-state index contributed by atoms with van der Waals surface area (Å²) in [5.41, 5.74) is 2.48. The number of imidazole rings is 1. The molecule has 1 spiro atoms. The van der Waals surface area contributed by atoms with Gasteiger partial charge in [-0.25, -0.2) is 17.7 Å². The molecular weight excluding hydrogens is 392 g/mol. The van der Waals surface area contributed by atoms with Gasteiger partial charge in [0.25, 0.3) is 0 Å². The van der Waals surface area contributed by atoms with Crippen LogP contribution in [0.3, 0.4) is 0 Å². The SMILES string of the molecule is Cc1nc2c(n1C(C)C)CN(Cc1cccs1)CC21CCN(S(C)(=O)=O)CC1. The standard InChI is InChI=1S/C20H30N4O2S2/c1-15(2)24-16(3)21-19-18(24)13-22(12-17-6-5-11-27-17)14-20(19)7-9-23(10-8-20)28(4,25)26/h5-6,11,15H,7-10,12-14H2,1-4H3. The van der Waals surface area contributed by atoms with Crippen LogP contribution in [0.25, 0.3) is 0 Å². The van der Waals surface area contributed by atoms with E-state index in [1.807, 2.05) is 0 Å². The second-order valence-electron chi connectivity index (χ2n) is 8.58. The third-order valence-corrected chi connectivity index (χ3v) is 8.38. The number of hydrogen-bond donors (Lipinski definition) is 0. The number of nitrogens with zero attached hydrogens (tertiary/aromatic N) is 4. The van der Waals surface area contributed by atoms with Gasteiger partial charge < -0.3 is 4.57 Å². The van der Waals surface area contributed by atoms with Gasteiger partial charge >= 0.3 is 0 Å². The number of piperidine rings is 1. The van der Waals surface area contributed by atoms with E-state index in [4.69, 9.17) is 4.98 Å². The van der Waals surface area contributed by atoms with E-state index in [2.05, 4.69) is 47.8 Å². The first-order valence-electron chi connectivity index (χ1n) is 9.98. The van der Waals surface area contributed by atoms with Gasteiger partial charge in [-0.15, -0.1) is 11.3 Å². The van der Waals surface area contributed by atoms with E-state index >= 15 is 0 Å². The molecular formula is C20H30N4O2S2. The summed E-state index contributed by atoms with van der Waals surface area (Å²) in [7, 11) is -3.13. The summed E-state index contributed by atoms with van der Waals surface area (Å²) < 4.78 is 28.1. The minimum Gasteiger partial charge on any atom is -0.328 e. The maximum atomic E-state index is 12.0. The van der Waals surface area contributed by atoms with Gasteiger partial charge in [0.1, 0.15) is 5.82 Å². The highest BCUT2D eigenvalue weighted by Crippen LogP contribution is 2.43. The maximum Gasteiger partial charge on any atom is 0.211 e. The highest BCUT2D eigenvalue weighted by molar-refractivity contribution is 7.88. The second-order valence-corrected chi connectivity index (χ2v) is 11.6. The van der Waals surface area contributed by atoms with Crippen molar-refractivity contribution >= 4 is 21.4 Å². The lowest BCUT2D eigenvalue weighted by molar-refractivity contribution is 0.116. The van der Waals surface area contributed by atoms with Crippen molar-refractivity contribution in [2.24, 2.45) is 0 Å². The number of aryl methyl sites for hydroxylation is 1. The topological polar surface area (TPSA) is 58.4 Å². The zero-order valence-electron chi connectivity index (χ0n) is 17.2. The van der Waals surface area contributed by atoms with E-state index in [1.165, 1.54) is 22.5 Å². The number of aromatic nitrogens is 2. The van der Waals surface area contributed by atoms with Crippen LogP contribution in [-0.2, 0) is 28.5 Å². The fourth-order valence-electron chi connectivity index (χ4n) is 5.00. The lowest BCUT2D eigenvalue weighted by atomic mass is 9.73. The van der Waals surface area contributed by atoms with Crippen LogP contribution in [0.5, 0.6) is 0 Å². The van der Waals surface area contributed by atoms with Crippen LogP contribution in [0.1, 0.15) is 54.8 Å². The van der Waals surface area contributed by atoms with Gasteiger partial charge in [-0.2, -0.15) is 0 Å². The molecule has 4 heterocycles. The van der Waals surface area contributed by atoms with Gasteiger partial charge in [0.15, 0.2) is 0 Å². The molecule has 0 aliphatic carbocycles. The molecule has 2 aromatic rings. The Balaban J connectivity index is 1.70. The number of thiophene rings is 1. The quantitative estimate of drug-likeness (QED) is 0.760. The van der Waals surface area contributed by atoms with Gasteiger partial charge in [-0.3, -0.25) is 4.90 Å². The fourth-order valence-corrected chi connectivity index (χ4v) is 6.59. The molecule has 0 N–H and O–H groups in total. The number of fused-ring (bicyclic) bond motifs is 2. The highest BCUT2D eigenvalue weighted by Gasteiger charge is 2.46. The van der Waals surface area contributed by atoms with Crippen molar-refractivity contribution in [3.05, 3.63) is 39.6 Å². The summed E-state index contributed by atoms with van der Waals surface area (Å²) >= 11 is 1.80. The summed E-state index contributed by atoms with van der Waals surface area (Å²) in [6.07, 6.45) is 2.99. The van der Waals surface area contributed by atoms with Crippen molar-refractivity contribution in [3.63, 3.8) is 0 Å². The summed E-state index contributed by atoms with van der Waals surface area (Å²) in [6.45, 7) is 10.5. The Morgan fingerprint density at radius 3 is 2.57 bits per heavy atom. The first kappa shape index (κ1) is 20.1. The van der Waals surface area contributed by atoms with Crippen LogP contribution in [0.15, 0.2) is 17.5 Å². The molecule has 28 heavy (non-hydrogen) atoms. The molecule has 4 rings (SSSR count). The summed E-state index contributed by atoms with van der Waals surface area (Å²) in [4.78, 5) is 8.95. The van der Waals surface area contributed by atoms with E-state index in [9.17, 15) is 8.42 Å². The van der Waals surface area contributed by atoms with Crippen molar-refractivity contribution < 1.29 is 8.42 Å². The number of sulfonamides is 1. The van der Waals surface area contributed by atoms with E-state index in [0.29, 0.717) is 19.1 Å². The minimum atomic E-state index is -3.13. The van der Waals surface area contributed by atoms with Gasteiger partial charge in [-0.1, -0.05) is 6.07 Å². The molecule has 8 heteroatoms. The Morgan fingerprint density at radius 1 is 1.29 bits per heavy atom. The third kappa shape index (κ3) is 3.56. The fraction of sp³-hybridized carbons (Fsp3) is 0.650. The molecule has 0 bridgehead atoms. The minimum absolute atomic E-state index is 0.0586. The summed E-state index contributed by atoms with van der Waals surface area (Å²) in [5.74, 6) is 1.07. The Labute approximate surface area is 172 Å². The molecule has 0 saturated carbocycles. The van der Waals surface area contributed by atoms with Crippen LogP contribution >= 0.6 is 11.3 Å². The molecule has 1 fully saturated rings. The summed E-state index contributed by atoms with van der Waals surface area (Å²) in [5, 5.41) is 2.13. The average Bonchev–Trinajstić information content (AvgIpc) is 3.22. The van der Waals surface area contributed by atoms with E-state index in [-0.39, 0.29) is 5.41 Å². The largest absolute Gasteiger partial charge is 0.328 e. The van der Waals surface area contributed by atoms with Crippen molar-refractivity contribution in [2.45, 2.75) is 58.2 Å². The van der Waals surface area contributed by atoms with Crippen molar-refractivity contribution in [3.8, 4) is 0 Å². The van der Waals surface area contributed by atoms with Crippen molar-refractivity contribution in [1.82, 2.24) is 18.8 Å². The molecule has 6 nitrogen and oxygen atoms in total. The lowest BCUT2D eigenvalue weighted by Gasteiger charge is -2.46. The second kappa shape index (κ2) is 7.23. The Hall–Kier alpha value is -1.22. The summed E-state index contributed by atoms with van der Waals surface area (Å²) in [6, 6.07) is 4.67. The van der Waals surface area contributed by atoms with Crippen LogP contribution in [0.4, 0.5) is 0 Å². The molecule has 2 aliphatic heterocycles. The monoisotopic (exact) mass is 422 g/mol. The average molecular weight is 423 g/mol. The zero-order valence-corrected chi connectivity index (χ0v) is 18.8. The molecule has 0 aromatic carbocycles. The van der Waals surface area contributed by atoms with E-state index in [0.717, 1.165) is 38.3 Å². The molecule has 0 amide bonds. The zero-order chi connectivity index (χ0) is 20.1. The highest BCUT2D eigenvalue weighted by atomic mass is 32.2. The van der Waals surface area contributed by atoms with Crippen LogP contribution < -0.4 is 0 Å². The predicted octanol–water partition coefficient (Wildman–Crippen LogP) is 3.14. The molecule has 0 radical (unpaired) electrons. The van der Waals surface area contributed by atoms with Gasteiger partial charge in [-0.05, 0) is 45.1 Å².